The van der Waals surface area contributed by atoms with Crippen LogP contribution in [0.3, 0.4) is 0 Å². The van der Waals surface area contributed by atoms with Crippen molar-refractivity contribution in [3.8, 4) is 0 Å². The monoisotopic (exact) mass is 755 g/mol. The average molecular weight is 755 g/mol. The number of hydrogen-bond donors (Lipinski definition) is 2. The van der Waals surface area contributed by atoms with E-state index in [2.05, 4.69) is 37.4 Å². The van der Waals surface area contributed by atoms with Crippen LogP contribution < -0.4 is 10.2 Å². The quantitative estimate of drug-likeness (QED) is 0.0214. The van der Waals surface area contributed by atoms with Crippen molar-refractivity contribution in [2.75, 3.05) is 40.9 Å². The number of phosphoric acid groups is 1. The van der Waals surface area contributed by atoms with Crippen LogP contribution in [0, 0.1) is 0 Å². The minimum Gasteiger partial charge on any atom is -0.756 e. The van der Waals surface area contributed by atoms with Gasteiger partial charge in [-0.2, -0.15) is 0 Å². The number of phosphoric ester groups is 1. The van der Waals surface area contributed by atoms with Crippen LogP contribution in [0.2, 0.25) is 0 Å². The minimum atomic E-state index is -4.59. The Morgan fingerprint density at radius 3 is 1.60 bits per heavy atom. The predicted molar refractivity (Wildman–Crippen MR) is 219 cm³/mol. The van der Waals surface area contributed by atoms with Gasteiger partial charge in [0.1, 0.15) is 13.2 Å². The molecule has 0 radical (unpaired) electrons. The number of amides is 1. The highest BCUT2D eigenvalue weighted by atomic mass is 31.2. The number of unbranched alkanes of at least 4 members (excludes halogenated alkanes) is 22. The fourth-order valence-electron chi connectivity index (χ4n) is 5.91. The van der Waals surface area contributed by atoms with Crippen molar-refractivity contribution >= 4 is 13.7 Å². The van der Waals surface area contributed by atoms with Crippen LogP contribution in [0.25, 0.3) is 0 Å². The Hall–Kier alpha value is -1.28. The Balaban J connectivity index is 4.30. The molecule has 0 spiro atoms. The normalized spacial score (nSPS) is 14.8. The van der Waals surface area contributed by atoms with Crippen LogP contribution in [0.15, 0.2) is 36.5 Å². The minimum absolute atomic E-state index is 0.00944. The fraction of sp³-hybridized carbons (Fsp3) is 0.837. The number of carbonyl (C=O) groups excluding carboxylic acids is 1. The van der Waals surface area contributed by atoms with Gasteiger partial charge in [-0.3, -0.25) is 9.36 Å². The summed E-state index contributed by atoms with van der Waals surface area (Å²) in [6.07, 6.45) is 42.1. The number of aliphatic hydroxyl groups excluding tert-OH is 1. The van der Waals surface area contributed by atoms with E-state index >= 15 is 0 Å². The number of hydrogen-bond acceptors (Lipinski definition) is 6. The molecule has 0 fully saturated rings. The van der Waals surface area contributed by atoms with E-state index in [1.807, 2.05) is 27.2 Å². The van der Waals surface area contributed by atoms with Gasteiger partial charge in [-0.1, -0.05) is 166 Å². The second-order valence-corrected chi connectivity index (χ2v) is 17.1. The highest BCUT2D eigenvalue weighted by Crippen LogP contribution is 2.38. The molecule has 3 atom stereocenters. The van der Waals surface area contributed by atoms with E-state index in [0.29, 0.717) is 17.4 Å². The van der Waals surface area contributed by atoms with E-state index in [0.717, 1.165) is 32.1 Å². The average Bonchev–Trinajstić information content (AvgIpc) is 3.09. The lowest BCUT2D eigenvalue weighted by atomic mass is 10.0. The maximum atomic E-state index is 12.8. The Morgan fingerprint density at radius 1 is 0.673 bits per heavy atom. The molecule has 1 unspecified atom stereocenters. The third-order valence-electron chi connectivity index (χ3n) is 9.38. The van der Waals surface area contributed by atoms with Crippen molar-refractivity contribution in [3.63, 3.8) is 0 Å². The van der Waals surface area contributed by atoms with Crippen LogP contribution >= 0.6 is 7.82 Å². The summed E-state index contributed by atoms with van der Waals surface area (Å²) in [6.45, 7) is 4.55. The van der Waals surface area contributed by atoms with Gasteiger partial charge in [0.2, 0.25) is 5.91 Å². The van der Waals surface area contributed by atoms with Gasteiger partial charge < -0.3 is 28.8 Å². The summed E-state index contributed by atoms with van der Waals surface area (Å²) in [5, 5.41) is 13.6. The summed E-state index contributed by atoms with van der Waals surface area (Å²) >= 11 is 0. The second kappa shape index (κ2) is 35.4. The molecular formula is C43H83N2O6P. The van der Waals surface area contributed by atoms with E-state index in [-0.39, 0.29) is 12.5 Å². The Kier molecular flexibility index (Phi) is 34.6. The van der Waals surface area contributed by atoms with Crippen LogP contribution in [0.1, 0.15) is 181 Å². The Labute approximate surface area is 321 Å². The second-order valence-electron chi connectivity index (χ2n) is 15.7. The molecule has 306 valence electrons. The molecule has 0 bridgehead atoms. The van der Waals surface area contributed by atoms with Gasteiger partial charge in [0, 0.05) is 6.42 Å². The van der Waals surface area contributed by atoms with E-state index in [1.54, 1.807) is 12.2 Å². The van der Waals surface area contributed by atoms with Gasteiger partial charge in [0.25, 0.3) is 7.82 Å². The summed E-state index contributed by atoms with van der Waals surface area (Å²) < 4.78 is 23.1. The van der Waals surface area contributed by atoms with Gasteiger partial charge in [-0.05, 0) is 44.9 Å². The van der Waals surface area contributed by atoms with Gasteiger partial charge >= 0.3 is 0 Å². The lowest BCUT2D eigenvalue weighted by Gasteiger charge is -2.29. The molecule has 52 heavy (non-hydrogen) atoms. The predicted octanol–water partition coefficient (Wildman–Crippen LogP) is 10.9. The molecule has 0 saturated heterocycles. The van der Waals surface area contributed by atoms with E-state index < -0.39 is 26.6 Å². The van der Waals surface area contributed by atoms with Crippen molar-refractivity contribution in [1.29, 1.82) is 0 Å². The van der Waals surface area contributed by atoms with Gasteiger partial charge in [0.15, 0.2) is 0 Å². The third-order valence-corrected chi connectivity index (χ3v) is 10.3. The molecule has 0 aromatic heterocycles. The number of carbonyl (C=O) groups is 1. The summed E-state index contributed by atoms with van der Waals surface area (Å²) in [6, 6.07) is -0.915. The van der Waals surface area contributed by atoms with E-state index in [1.165, 1.54) is 128 Å². The fourth-order valence-corrected chi connectivity index (χ4v) is 6.63. The van der Waals surface area contributed by atoms with E-state index in [4.69, 9.17) is 9.05 Å². The Morgan fingerprint density at radius 2 is 1.12 bits per heavy atom. The van der Waals surface area contributed by atoms with Crippen molar-refractivity contribution in [3.05, 3.63) is 36.5 Å². The number of likely N-dealkylation sites (N-methyl/N-ethyl adjacent to an activating group) is 1. The molecule has 1 amide bonds. The molecule has 0 aliphatic heterocycles. The summed E-state index contributed by atoms with van der Waals surface area (Å²) in [4.78, 5) is 25.2. The maximum Gasteiger partial charge on any atom is 0.268 e. The molecule has 2 N–H and O–H groups in total. The van der Waals surface area contributed by atoms with Crippen molar-refractivity contribution in [2.45, 2.75) is 193 Å². The summed E-state index contributed by atoms with van der Waals surface area (Å²) in [5.74, 6) is -0.219. The van der Waals surface area contributed by atoms with Crippen LogP contribution in [-0.2, 0) is 18.4 Å². The molecule has 0 rings (SSSR count). The zero-order valence-electron chi connectivity index (χ0n) is 34.5. The molecule has 0 heterocycles. The highest BCUT2D eigenvalue weighted by molar-refractivity contribution is 7.45. The van der Waals surface area contributed by atoms with Crippen molar-refractivity contribution in [2.24, 2.45) is 0 Å². The molecule has 0 aliphatic carbocycles. The van der Waals surface area contributed by atoms with Gasteiger partial charge in [0.05, 0.1) is 39.9 Å². The number of quaternary nitrogens is 1. The lowest BCUT2D eigenvalue weighted by Crippen LogP contribution is -2.45. The van der Waals surface area contributed by atoms with Gasteiger partial charge in [-0.25, -0.2) is 0 Å². The summed E-state index contributed by atoms with van der Waals surface area (Å²) in [5.41, 5.74) is 0. The summed E-state index contributed by atoms with van der Waals surface area (Å²) in [7, 11) is 1.23. The van der Waals surface area contributed by atoms with Crippen molar-refractivity contribution < 1.29 is 32.9 Å². The largest absolute Gasteiger partial charge is 0.756 e. The number of aliphatic hydroxyl groups is 1. The first kappa shape index (κ1) is 50.7. The molecule has 8 nitrogen and oxygen atoms in total. The number of nitrogens with one attached hydrogen (secondary N) is 1. The number of rotatable bonds is 38. The Bertz CT molecular complexity index is 948. The standard InChI is InChI=1S/C43H83N2O6P/c1-6-8-10-12-14-16-17-18-19-20-21-22-23-24-25-26-27-29-31-33-35-37-43(47)44-41(40-51-52(48,49)50-39-38-45(3,4)5)42(46)36-34-32-30-28-15-13-11-9-7-2/h18-19,30,32,34,36,41-42,46H,6-17,20-29,31,33,35,37-40H2,1-5H3,(H-,44,47,48,49)/b19-18+,32-30+,36-34+/t41-,42+/m0/s1. The third kappa shape index (κ3) is 37.1. The first-order chi connectivity index (χ1) is 25.0. The molecule has 0 aliphatic rings. The molecule has 9 heteroatoms. The lowest BCUT2D eigenvalue weighted by molar-refractivity contribution is -0.870. The zero-order valence-corrected chi connectivity index (χ0v) is 35.4. The van der Waals surface area contributed by atoms with Crippen LogP contribution in [0.4, 0.5) is 0 Å². The smallest absolute Gasteiger partial charge is 0.268 e. The maximum absolute atomic E-state index is 12.8. The van der Waals surface area contributed by atoms with Crippen LogP contribution in [0.5, 0.6) is 0 Å². The topological polar surface area (TPSA) is 108 Å². The number of nitrogens with zero attached hydrogens (tertiary/aromatic N) is 1. The molecule has 0 aromatic carbocycles. The van der Waals surface area contributed by atoms with Crippen LogP contribution in [-0.4, -0.2) is 68.5 Å². The van der Waals surface area contributed by atoms with Gasteiger partial charge in [-0.15, -0.1) is 0 Å². The van der Waals surface area contributed by atoms with E-state index in [9.17, 15) is 19.4 Å². The molecule has 0 aromatic rings. The first-order valence-electron chi connectivity index (χ1n) is 21.4. The zero-order chi connectivity index (χ0) is 38.6. The highest BCUT2D eigenvalue weighted by Gasteiger charge is 2.23. The molecular weight excluding hydrogens is 671 g/mol. The number of allylic oxidation sites excluding steroid dienone is 5. The molecule has 0 saturated carbocycles. The first-order valence-corrected chi connectivity index (χ1v) is 22.8. The SMILES string of the molecule is CCCCCCC/C=C/C=C/[C@@H](O)[C@H](COP(=O)([O-])OCC[N+](C)(C)C)NC(=O)CCCCCCCCCCCCC/C=C/CCCCCCCC. The van der Waals surface area contributed by atoms with Crippen molar-refractivity contribution in [1.82, 2.24) is 5.32 Å².